The molecule has 0 fully saturated rings. The fourth-order valence-corrected chi connectivity index (χ4v) is 2.37. The van der Waals surface area contributed by atoms with E-state index < -0.39 is 0 Å². The summed E-state index contributed by atoms with van der Waals surface area (Å²) in [6, 6.07) is 7.81. The van der Waals surface area contributed by atoms with Gasteiger partial charge in [0.25, 0.3) is 0 Å². The molecule has 1 N–H and O–H groups in total. The minimum absolute atomic E-state index is 0.204. The van der Waals surface area contributed by atoms with Crippen LogP contribution in [0.4, 0.5) is 5.69 Å². The number of unbranched alkanes of at least 4 members (excludes halogenated alkanes) is 3. The van der Waals surface area contributed by atoms with Crippen LogP contribution in [0.1, 0.15) is 44.6 Å². The lowest BCUT2D eigenvalue weighted by atomic mass is 10.1. The molecule has 0 bridgehead atoms. The summed E-state index contributed by atoms with van der Waals surface area (Å²) in [4.78, 5) is 23.9. The van der Waals surface area contributed by atoms with E-state index in [1.165, 1.54) is 43.4 Å². The van der Waals surface area contributed by atoms with Crippen molar-refractivity contribution in [3.05, 3.63) is 66.8 Å². The fraction of sp³-hybridized carbons (Fsp3) is 0.333. The number of aryl methyl sites for hydroxylation is 1. The number of allylic oxidation sites excluding steroid dienone is 4. The molecule has 1 aromatic carbocycles. The first-order chi connectivity index (χ1) is 11.6. The van der Waals surface area contributed by atoms with E-state index in [1.54, 1.807) is 6.08 Å². The Balaban J connectivity index is 2.49. The number of Topliss-reactive ketones (excluding diaryl/α,β-unsaturated/α-hetero) is 1. The van der Waals surface area contributed by atoms with Crippen LogP contribution >= 0.6 is 0 Å². The van der Waals surface area contributed by atoms with Gasteiger partial charge >= 0.3 is 0 Å². The topological polar surface area (TPSA) is 46.2 Å². The zero-order valence-corrected chi connectivity index (χ0v) is 14.5. The average molecular weight is 325 g/mol. The smallest absolute Gasteiger partial charge is 0.232 e. The van der Waals surface area contributed by atoms with E-state index in [0.717, 1.165) is 6.42 Å². The van der Waals surface area contributed by atoms with E-state index in [1.807, 2.05) is 24.3 Å². The Hall–Kier alpha value is -2.42. The standard InChI is InChI=1S/C21H27NO2/c1-4-7-8-9-11-17-12-14-19(15-13-17)22-21(24)16-20(23)18(6-3)10-5-2/h5-6,10,12-15H,2-4,7-9,11,16H2,1H3,(H,22,24)/b18-10+. The lowest BCUT2D eigenvalue weighted by Crippen LogP contribution is -2.17. The van der Waals surface area contributed by atoms with Gasteiger partial charge in [-0.1, -0.05) is 69.7 Å². The number of carbonyl (C=O) groups excluding carboxylic acids is 2. The van der Waals surface area contributed by atoms with E-state index in [4.69, 9.17) is 0 Å². The van der Waals surface area contributed by atoms with Crippen molar-refractivity contribution in [1.29, 1.82) is 0 Å². The molecule has 0 heterocycles. The van der Waals surface area contributed by atoms with E-state index in [-0.39, 0.29) is 18.1 Å². The molecule has 0 aliphatic heterocycles. The Morgan fingerprint density at radius 1 is 1.08 bits per heavy atom. The van der Waals surface area contributed by atoms with Gasteiger partial charge in [0.2, 0.25) is 5.91 Å². The number of ketones is 1. The quantitative estimate of drug-likeness (QED) is 0.269. The molecular weight excluding hydrogens is 298 g/mol. The Kier molecular flexibility index (Phi) is 9.13. The molecule has 0 unspecified atom stereocenters. The van der Waals surface area contributed by atoms with Crippen LogP contribution in [0.3, 0.4) is 0 Å². The summed E-state index contributed by atoms with van der Waals surface area (Å²) in [6.07, 6.45) is 10.3. The second-order valence-corrected chi connectivity index (χ2v) is 5.72. The van der Waals surface area contributed by atoms with Crippen LogP contribution in [0, 0.1) is 0 Å². The van der Waals surface area contributed by atoms with Crippen LogP contribution in [-0.4, -0.2) is 11.7 Å². The molecule has 0 aliphatic carbocycles. The van der Waals surface area contributed by atoms with Crippen molar-refractivity contribution < 1.29 is 9.59 Å². The Bertz CT molecular complexity index is 597. The minimum Gasteiger partial charge on any atom is -0.326 e. The second kappa shape index (κ2) is 11.2. The summed E-state index contributed by atoms with van der Waals surface area (Å²) in [5, 5.41) is 2.75. The van der Waals surface area contributed by atoms with Gasteiger partial charge in [0.05, 0.1) is 6.42 Å². The molecule has 1 amide bonds. The molecule has 0 atom stereocenters. The van der Waals surface area contributed by atoms with Crippen LogP contribution in [0.5, 0.6) is 0 Å². The predicted molar refractivity (Wildman–Crippen MR) is 101 cm³/mol. The normalized spacial score (nSPS) is 11.0. The van der Waals surface area contributed by atoms with E-state index >= 15 is 0 Å². The molecule has 0 aliphatic rings. The van der Waals surface area contributed by atoms with Crippen LogP contribution in [-0.2, 0) is 16.0 Å². The lowest BCUT2D eigenvalue weighted by molar-refractivity contribution is -0.123. The first-order valence-electron chi connectivity index (χ1n) is 8.47. The Morgan fingerprint density at radius 2 is 1.79 bits per heavy atom. The molecule has 1 rings (SSSR count). The van der Waals surface area contributed by atoms with E-state index in [9.17, 15) is 9.59 Å². The third-order valence-electron chi connectivity index (χ3n) is 3.72. The predicted octanol–water partition coefficient (Wildman–Crippen LogP) is 5.01. The lowest BCUT2D eigenvalue weighted by Gasteiger charge is -2.07. The molecule has 1 aromatic rings. The molecule has 3 nitrogen and oxygen atoms in total. The maximum atomic E-state index is 12.0. The number of nitrogens with one attached hydrogen (secondary N) is 1. The summed E-state index contributed by atoms with van der Waals surface area (Å²) in [5.74, 6) is -0.595. The van der Waals surface area contributed by atoms with Gasteiger partial charge in [0.1, 0.15) is 0 Å². The number of hydrogen-bond donors (Lipinski definition) is 1. The van der Waals surface area contributed by atoms with Gasteiger partial charge in [-0.2, -0.15) is 0 Å². The molecular formula is C21H27NO2. The molecule has 128 valence electrons. The van der Waals surface area contributed by atoms with E-state index in [2.05, 4.69) is 25.4 Å². The second-order valence-electron chi connectivity index (χ2n) is 5.72. The molecule has 0 spiro atoms. The highest BCUT2D eigenvalue weighted by molar-refractivity contribution is 6.11. The number of rotatable bonds is 11. The molecule has 0 saturated carbocycles. The van der Waals surface area contributed by atoms with Gasteiger partial charge in [0.15, 0.2) is 5.78 Å². The van der Waals surface area contributed by atoms with Gasteiger partial charge in [-0.25, -0.2) is 0 Å². The molecule has 24 heavy (non-hydrogen) atoms. The summed E-state index contributed by atoms with van der Waals surface area (Å²) < 4.78 is 0. The first-order valence-corrected chi connectivity index (χ1v) is 8.47. The zero-order valence-electron chi connectivity index (χ0n) is 14.5. The average Bonchev–Trinajstić information content (AvgIpc) is 2.57. The van der Waals surface area contributed by atoms with Crippen molar-refractivity contribution in [2.45, 2.75) is 45.4 Å². The van der Waals surface area contributed by atoms with Crippen molar-refractivity contribution in [2.75, 3.05) is 5.32 Å². The van der Waals surface area contributed by atoms with E-state index in [0.29, 0.717) is 11.3 Å². The Morgan fingerprint density at radius 3 is 2.38 bits per heavy atom. The maximum absolute atomic E-state index is 12.0. The highest BCUT2D eigenvalue weighted by atomic mass is 16.2. The summed E-state index contributed by atoms with van der Waals surface area (Å²) >= 11 is 0. The monoisotopic (exact) mass is 325 g/mol. The highest BCUT2D eigenvalue weighted by Gasteiger charge is 2.12. The Labute approximate surface area is 145 Å². The van der Waals surface area contributed by atoms with Crippen molar-refractivity contribution in [1.82, 2.24) is 0 Å². The third-order valence-corrected chi connectivity index (χ3v) is 3.72. The van der Waals surface area contributed by atoms with Crippen LogP contribution in [0.2, 0.25) is 0 Å². The van der Waals surface area contributed by atoms with Crippen molar-refractivity contribution in [3.63, 3.8) is 0 Å². The summed E-state index contributed by atoms with van der Waals surface area (Å²) in [5.41, 5.74) is 2.36. The van der Waals surface area contributed by atoms with Crippen molar-refractivity contribution >= 4 is 17.4 Å². The number of carbonyl (C=O) groups is 2. The first kappa shape index (κ1) is 19.6. The summed E-state index contributed by atoms with van der Waals surface area (Å²) in [7, 11) is 0. The van der Waals surface area contributed by atoms with Gasteiger partial charge in [-0.05, 0) is 30.5 Å². The molecule has 0 radical (unpaired) electrons. The number of anilines is 1. The SMILES string of the molecule is C=C/C=C(\C=C)C(=O)CC(=O)Nc1ccc(CCCCCC)cc1. The van der Waals surface area contributed by atoms with Crippen molar-refractivity contribution in [2.24, 2.45) is 0 Å². The third kappa shape index (κ3) is 7.23. The van der Waals surface area contributed by atoms with Crippen molar-refractivity contribution in [3.8, 4) is 0 Å². The van der Waals surface area contributed by atoms with Crippen LogP contribution in [0.15, 0.2) is 61.2 Å². The molecule has 0 aromatic heterocycles. The zero-order chi connectivity index (χ0) is 17.8. The van der Waals surface area contributed by atoms with Crippen LogP contribution in [0.25, 0.3) is 0 Å². The largest absolute Gasteiger partial charge is 0.326 e. The number of hydrogen-bond acceptors (Lipinski definition) is 2. The van der Waals surface area contributed by atoms with Gasteiger partial charge in [-0.3, -0.25) is 9.59 Å². The molecule has 0 saturated heterocycles. The molecule has 3 heteroatoms. The van der Waals surface area contributed by atoms with Crippen LogP contribution < -0.4 is 5.32 Å². The maximum Gasteiger partial charge on any atom is 0.232 e. The number of benzene rings is 1. The van der Waals surface area contributed by atoms with Gasteiger partial charge in [0, 0.05) is 11.3 Å². The summed E-state index contributed by atoms with van der Waals surface area (Å²) in [6.45, 7) is 9.31. The minimum atomic E-state index is -0.326. The number of amides is 1. The van der Waals surface area contributed by atoms with Gasteiger partial charge in [-0.15, -0.1) is 0 Å². The van der Waals surface area contributed by atoms with Gasteiger partial charge < -0.3 is 5.32 Å². The highest BCUT2D eigenvalue weighted by Crippen LogP contribution is 2.13. The fourth-order valence-electron chi connectivity index (χ4n) is 2.37.